The van der Waals surface area contributed by atoms with Crippen LogP contribution in [0.4, 0.5) is 5.82 Å². The quantitative estimate of drug-likeness (QED) is 0.792. The second-order valence-corrected chi connectivity index (χ2v) is 4.21. The van der Waals surface area contributed by atoms with Gasteiger partial charge >= 0.3 is 0 Å². The highest BCUT2D eigenvalue weighted by Crippen LogP contribution is 2.10. The second-order valence-electron chi connectivity index (χ2n) is 4.21. The lowest BCUT2D eigenvalue weighted by Crippen LogP contribution is -2.43. The number of carbonyl (C=O) groups is 1. The van der Waals surface area contributed by atoms with E-state index in [1.54, 1.807) is 6.20 Å². The predicted molar refractivity (Wildman–Crippen MR) is 63.2 cm³/mol. The van der Waals surface area contributed by atoms with Crippen molar-refractivity contribution in [1.82, 2.24) is 10.3 Å². The number of aryl methyl sites for hydroxylation is 1. The predicted octanol–water partition coefficient (Wildman–Crippen LogP) is 1.47. The Balaban J connectivity index is 1.96. The van der Waals surface area contributed by atoms with Crippen LogP contribution in [-0.2, 0) is 4.79 Å². The van der Waals surface area contributed by atoms with Gasteiger partial charge in [0.05, 0.1) is 6.04 Å². The van der Waals surface area contributed by atoms with Crippen LogP contribution < -0.4 is 10.6 Å². The summed E-state index contributed by atoms with van der Waals surface area (Å²) in [5, 5.41) is 6.05. The van der Waals surface area contributed by atoms with E-state index < -0.39 is 0 Å². The molecule has 1 saturated heterocycles. The number of anilines is 1. The molecular formula is C12H17N3O. The van der Waals surface area contributed by atoms with Gasteiger partial charge in [-0.3, -0.25) is 4.79 Å². The number of rotatable bonds is 2. The van der Waals surface area contributed by atoms with Gasteiger partial charge in [-0.2, -0.15) is 0 Å². The van der Waals surface area contributed by atoms with Crippen LogP contribution in [0.25, 0.3) is 0 Å². The van der Waals surface area contributed by atoms with E-state index in [0.29, 0.717) is 5.82 Å². The van der Waals surface area contributed by atoms with Crippen LogP contribution in [0.5, 0.6) is 0 Å². The topological polar surface area (TPSA) is 54.0 Å². The Bertz CT molecular complexity index is 372. The van der Waals surface area contributed by atoms with Gasteiger partial charge in [0.1, 0.15) is 5.82 Å². The van der Waals surface area contributed by atoms with Crippen LogP contribution in [0.15, 0.2) is 18.3 Å². The monoisotopic (exact) mass is 219 g/mol. The minimum atomic E-state index is -0.0592. The smallest absolute Gasteiger partial charge is 0.242 e. The first-order chi connectivity index (χ1) is 7.75. The minimum absolute atomic E-state index is 0.0257. The molecule has 2 rings (SSSR count). The zero-order valence-electron chi connectivity index (χ0n) is 9.49. The molecule has 0 radical (unpaired) electrons. The summed E-state index contributed by atoms with van der Waals surface area (Å²) in [6.45, 7) is 2.91. The first-order valence-electron chi connectivity index (χ1n) is 5.72. The van der Waals surface area contributed by atoms with E-state index in [1.165, 1.54) is 0 Å². The second kappa shape index (κ2) is 5.07. The van der Waals surface area contributed by atoms with Crippen molar-refractivity contribution in [2.45, 2.75) is 32.2 Å². The number of aromatic nitrogens is 1. The molecule has 1 aromatic rings. The van der Waals surface area contributed by atoms with Gasteiger partial charge in [-0.1, -0.05) is 6.42 Å². The molecule has 4 heteroatoms. The molecule has 1 aliphatic heterocycles. The molecular weight excluding hydrogens is 202 g/mol. The van der Waals surface area contributed by atoms with Crippen molar-refractivity contribution in [2.75, 3.05) is 11.9 Å². The van der Waals surface area contributed by atoms with Gasteiger partial charge in [-0.25, -0.2) is 4.98 Å². The molecule has 1 atom stereocenters. The molecule has 2 N–H and O–H groups in total. The number of amides is 1. The number of nitrogens with zero attached hydrogens (tertiary/aromatic N) is 1. The fourth-order valence-electron chi connectivity index (χ4n) is 1.89. The third kappa shape index (κ3) is 2.79. The van der Waals surface area contributed by atoms with Crippen molar-refractivity contribution < 1.29 is 4.79 Å². The van der Waals surface area contributed by atoms with Gasteiger partial charge in [0.25, 0.3) is 0 Å². The van der Waals surface area contributed by atoms with Crippen LogP contribution in [0, 0.1) is 6.92 Å². The largest absolute Gasteiger partial charge is 0.309 e. The Kier molecular flexibility index (Phi) is 3.51. The molecule has 86 valence electrons. The molecule has 4 nitrogen and oxygen atoms in total. The first kappa shape index (κ1) is 11.1. The van der Waals surface area contributed by atoms with Crippen LogP contribution >= 0.6 is 0 Å². The summed E-state index contributed by atoms with van der Waals surface area (Å²) in [5.74, 6) is 0.662. The molecule has 0 aliphatic carbocycles. The van der Waals surface area contributed by atoms with Crippen LogP contribution in [-0.4, -0.2) is 23.5 Å². The summed E-state index contributed by atoms with van der Waals surface area (Å²) in [5.41, 5.74) is 1.10. The van der Waals surface area contributed by atoms with Crippen molar-refractivity contribution in [3.05, 3.63) is 23.9 Å². The molecule has 0 unspecified atom stereocenters. The number of nitrogens with one attached hydrogen (secondary N) is 2. The van der Waals surface area contributed by atoms with Gasteiger partial charge in [-0.15, -0.1) is 0 Å². The molecule has 0 saturated carbocycles. The third-order valence-corrected chi connectivity index (χ3v) is 2.79. The fourth-order valence-corrected chi connectivity index (χ4v) is 1.89. The summed E-state index contributed by atoms with van der Waals surface area (Å²) in [6.07, 6.45) is 4.90. The molecule has 0 aromatic carbocycles. The van der Waals surface area contributed by atoms with E-state index in [1.807, 2.05) is 19.1 Å². The molecule has 0 spiro atoms. The lowest BCUT2D eigenvalue weighted by Gasteiger charge is -2.22. The lowest BCUT2D eigenvalue weighted by atomic mass is 10.0. The Hall–Kier alpha value is -1.42. The average molecular weight is 219 g/mol. The summed E-state index contributed by atoms with van der Waals surface area (Å²) >= 11 is 0. The van der Waals surface area contributed by atoms with Crippen molar-refractivity contribution in [1.29, 1.82) is 0 Å². The normalized spacial score (nSPS) is 20.4. The van der Waals surface area contributed by atoms with Crippen molar-refractivity contribution in [3.8, 4) is 0 Å². The molecule has 2 heterocycles. The Morgan fingerprint density at radius 3 is 3.12 bits per heavy atom. The number of piperidine rings is 1. The lowest BCUT2D eigenvalue weighted by molar-refractivity contribution is -0.118. The van der Waals surface area contributed by atoms with E-state index in [0.717, 1.165) is 31.4 Å². The van der Waals surface area contributed by atoms with Crippen molar-refractivity contribution in [3.63, 3.8) is 0 Å². The Morgan fingerprint density at radius 2 is 2.44 bits per heavy atom. The summed E-state index contributed by atoms with van der Waals surface area (Å²) < 4.78 is 0. The third-order valence-electron chi connectivity index (χ3n) is 2.79. The van der Waals surface area contributed by atoms with Gasteiger partial charge in [0.15, 0.2) is 0 Å². The molecule has 16 heavy (non-hydrogen) atoms. The Labute approximate surface area is 95.5 Å². The van der Waals surface area contributed by atoms with Gasteiger partial charge in [0, 0.05) is 6.20 Å². The minimum Gasteiger partial charge on any atom is -0.309 e. The SMILES string of the molecule is Cc1ccnc(NC(=O)[C@@H]2CCCCN2)c1. The molecule has 1 amide bonds. The fraction of sp³-hybridized carbons (Fsp3) is 0.500. The van der Waals surface area contributed by atoms with E-state index in [-0.39, 0.29) is 11.9 Å². The molecule has 1 fully saturated rings. The van der Waals surface area contributed by atoms with Gasteiger partial charge in [-0.05, 0) is 44.0 Å². The van der Waals surface area contributed by atoms with E-state index in [9.17, 15) is 4.79 Å². The standard InChI is InChI=1S/C12H17N3O/c1-9-5-7-14-11(8-9)15-12(16)10-4-2-3-6-13-10/h5,7-8,10,13H,2-4,6H2,1H3,(H,14,15,16)/t10-/m0/s1. The number of pyridine rings is 1. The molecule has 1 aromatic heterocycles. The summed E-state index contributed by atoms with van der Waals surface area (Å²) in [6, 6.07) is 3.73. The summed E-state index contributed by atoms with van der Waals surface area (Å²) in [7, 11) is 0. The maximum atomic E-state index is 11.9. The van der Waals surface area contributed by atoms with E-state index >= 15 is 0 Å². The van der Waals surface area contributed by atoms with Gasteiger partial charge < -0.3 is 10.6 Å². The molecule has 0 bridgehead atoms. The zero-order chi connectivity index (χ0) is 11.4. The van der Waals surface area contributed by atoms with Crippen LogP contribution in [0.1, 0.15) is 24.8 Å². The van der Waals surface area contributed by atoms with Crippen molar-refractivity contribution in [2.24, 2.45) is 0 Å². The molecule has 1 aliphatic rings. The van der Waals surface area contributed by atoms with Crippen molar-refractivity contribution >= 4 is 11.7 Å². The summed E-state index contributed by atoms with van der Waals surface area (Å²) in [4.78, 5) is 16.0. The maximum Gasteiger partial charge on any atom is 0.242 e. The number of hydrogen-bond donors (Lipinski definition) is 2. The first-order valence-corrected chi connectivity index (χ1v) is 5.72. The highest BCUT2D eigenvalue weighted by molar-refractivity contribution is 5.94. The number of carbonyl (C=O) groups excluding carboxylic acids is 1. The van der Waals surface area contributed by atoms with E-state index in [4.69, 9.17) is 0 Å². The highest BCUT2D eigenvalue weighted by atomic mass is 16.2. The Morgan fingerprint density at radius 1 is 1.56 bits per heavy atom. The number of hydrogen-bond acceptors (Lipinski definition) is 3. The highest BCUT2D eigenvalue weighted by Gasteiger charge is 2.20. The maximum absolute atomic E-state index is 11.9. The van der Waals surface area contributed by atoms with Gasteiger partial charge in [0.2, 0.25) is 5.91 Å². The van der Waals surface area contributed by atoms with Crippen LogP contribution in [0.2, 0.25) is 0 Å². The average Bonchev–Trinajstić information content (AvgIpc) is 2.30. The zero-order valence-corrected chi connectivity index (χ0v) is 9.49. The van der Waals surface area contributed by atoms with E-state index in [2.05, 4.69) is 15.6 Å². The van der Waals surface area contributed by atoms with Crippen LogP contribution in [0.3, 0.4) is 0 Å².